The molecular weight excluding hydrogens is 180 g/mol. The van der Waals surface area contributed by atoms with Gasteiger partial charge in [0.2, 0.25) is 0 Å². The molecule has 4 heteroatoms. The molecular formula is C10H21N2O2. The second kappa shape index (κ2) is 5.86. The van der Waals surface area contributed by atoms with Crippen molar-refractivity contribution in [1.29, 1.82) is 0 Å². The zero-order valence-electron chi connectivity index (χ0n) is 9.30. The highest BCUT2D eigenvalue weighted by Gasteiger charge is 2.17. The molecule has 1 amide bonds. The highest BCUT2D eigenvalue weighted by atomic mass is 16.6. The van der Waals surface area contributed by atoms with Crippen LogP contribution in [0.4, 0.5) is 4.79 Å². The van der Waals surface area contributed by atoms with Crippen LogP contribution in [0.1, 0.15) is 40.0 Å². The molecule has 0 saturated carbocycles. The molecule has 0 aliphatic rings. The summed E-state index contributed by atoms with van der Waals surface area (Å²) in [6, 6.07) is 0. The Hall–Kier alpha value is -0.770. The number of carbonyl (C=O) groups excluding carboxylic acids is 1. The van der Waals surface area contributed by atoms with Crippen LogP contribution in [0.2, 0.25) is 0 Å². The number of unbranched alkanes of at least 4 members (excludes halogenated alkanes) is 1. The lowest BCUT2D eigenvalue weighted by molar-refractivity contribution is 0.0503. The topological polar surface area (TPSA) is 64.3 Å². The second-order valence-electron chi connectivity index (χ2n) is 4.25. The molecule has 0 aromatic heterocycles. The fourth-order valence-electron chi connectivity index (χ4n) is 0.895. The highest BCUT2D eigenvalue weighted by molar-refractivity contribution is 5.67. The van der Waals surface area contributed by atoms with Crippen LogP contribution in [0, 0.1) is 6.92 Å². The minimum Gasteiger partial charge on any atom is -0.444 e. The van der Waals surface area contributed by atoms with Gasteiger partial charge in [-0.25, -0.2) is 4.79 Å². The summed E-state index contributed by atoms with van der Waals surface area (Å²) in [5.41, 5.74) is 5.16. The third-order valence-electron chi connectivity index (χ3n) is 1.47. The molecule has 1 unspecified atom stereocenters. The van der Waals surface area contributed by atoms with Crippen molar-refractivity contribution in [2.75, 3.05) is 0 Å². The molecule has 0 saturated heterocycles. The van der Waals surface area contributed by atoms with Gasteiger partial charge in [-0.15, -0.1) is 0 Å². The summed E-state index contributed by atoms with van der Waals surface area (Å²) in [6.45, 7) is 9.14. The predicted molar refractivity (Wildman–Crippen MR) is 56.6 cm³/mol. The number of nitrogens with one attached hydrogen (secondary N) is 1. The van der Waals surface area contributed by atoms with Gasteiger partial charge >= 0.3 is 6.09 Å². The standard InChI is InChI=1S/C10H21N2O2/c1-5-6-7-8(11)12-9(13)14-10(2,3)4/h8H,1,5-7,11H2,2-4H3,(H,12,13). The van der Waals surface area contributed by atoms with Crippen molar-refractivity contribution in [3.05, 3.63) is 6.92 Å². The van der Waals surface area contributed by atoms with E-state index >= 15 is 0 Å². The summed E-state index contributed by atoms with van der Waals surface area (Å²) in [7, 11) is 0. The number of hydrogen-bond acceptors (Lipinski definition) is 3. The Kier molecular flexibility index (Phi) is 5.53. The van der Waals surface area contributed by atoms with E-state index in [4.69, 9.17) is 10.5 Å². The van der Waals surface area contributed by atoms with E-state index in [2.05, 4.69) is 12.2 Å². The van der Waals surface area contributed by atoms with Gasteiger partial charge in [0, 0.05) is 0 Å². The van der Waals surface area contributed by atoms with Gasteiger partial charge in [-0.05, 0) is 27.2 Å². The minimum atomic E-state index is -0.476. The molecule has 0 heterocycles. The second-order valence-corrected chi connectivity index (χ2v) is 4.25. The number of ether oxygens (including phenoxy) is 1. The zero-order chi connectivity index (χ0) is 11.2. The van der Waals surface area contributed by atoms with Gasteiger partial charge in [0.15, 0.2) is 0 Å². The molecule has 0 aliphatic carbocycles. The van der Waals surface area contributed by atoms with E-state index in [0.717, 1.165) is 19.3 Å². The third-order valence-corrected chi connectivity index (χ3v) is 1.47. The van der Waals surface area contributed by atoms with Gasteiger partial charge in [-0.3, -0.25) is 0 Å². The van der Waals surface area contributed by atoms with Crippen LogP contribution in [0.15, 0.2) is 0 Å². The summed E-state index contributed by atoms with van der Waals surface area (Å²) in [5, 5.41) is 2.56. The maximum atomic E-state index is 11.2. The van der Waals surface area contributed by atoms with Crippen molar-refractivity contribution in [3.63, 3.8) is 0 Å². The summed E-state index contributed by atoms with van der Waals surface area (Å²) in [5.74, 6) is 0. The third kappa shape index (κ3) is 7.86. The first-order valence-electron chi connectivity index (χ1n) is 4.89. The largest absolute Gasteiger partial charge is 0.444 e. The maximum absolute atomic E-state index is 11.2. The van der Waals surface area contributed by atoms with Crippen LogP contribution in [0.5, 0.6) is 0 Å². The number of rotatable bonds is 4. The van der Waals surface area contributed by atoms with E-state index in [1.807, 2.05) is 20.8 Å². The van der Waals surface area contributed by atoms with Gasteiger partial charge < -0.3 is 15.8 Å². The molecule has 3 N–H and O–H groups in total. The fourth-order valence-corrected chi connectivity index (χ4v) is 0.895. The number of carbonyl (C=O) groups is 1. The van der Waals surface area contributed by atoms with Crippen LogP contribution < -0.4 is 11.1 Å². The van der Waals surface area contributed by atoms with E-state index in [0.29, 0.717) is 0 Å². The Labute approximate surface area is 86.2 Å². The first-order valence-corrected chi connectivity index (χ1v) is 4.89. The van der Waals surface area contributed by atoms with E-state index < -0.39 is 11.7 Å². The summed E-state index contributed by atoms with van der Waals surface area (Å²) < 4.78 is 5.04. The number of nitrogens with two attached hydrogens (primary N) is 1. The monoisotopic (exact) mass is 201 g/mol. The van der Waals surface area contributed by atoms with Gasteiger partial charge in [0.25, 0.3) is 0 Å². The van der Waals surface area contributed by atoms with Crippen molar-refractivity contribution in [3.8, 4) is 0 Å². The first-order chi connectivity index (χ1) is 6.35. The molecule has 4 nitrogen and oxygen atoms in total. The lowest BCUT2D eigenvalue weighted by atomic mass is 10.2. The molecule has 0 aliphatic heterocycles. The summed E-state index contributed by atoms with van der Waals surface area (Å²) >= 11 is 0. The summed E-state index contributed by atoms with van der Waals surface area (Å²) in [4.78, 5) is 11.2. The van der Waals surface area contributed by atoms with Crippen molar-refractivity contribution in [1.82, 2.24) is 5.32 Å². The average Bonchev–Trinajstić information content (AvgIpc) is 1.96. The van der Waals surface area contributed by atoms with Crippen LogP contribution in [-0.4, -0.2) is 17.9 Å². The first kappa shape index (κ1) is 13.2. The van der Waals surface area contributed by atoms with Crippen molar-refractivity contribution in [2.45, 2.75) is 51.8 Å². The van der Waals surface area contributed by atoms with Gasteiger partial charge in [0.05, 0.1) is 6.17 Å². The van der Waals surface area contributed by atoms with Crippen LogP contribution >= 0.6 is 0 Å². The quantitative estimate of drug-likeness (QED) is 0.682. The summed E-state index contributed by atoms with van der Waals surface area (Å²) in [6.07, 6.45) is 1.64. The van der Waals surface area contributed by atoms with E-state index in [-0.39, 0.29) is 6.17 Å². The molecule has 0 rings (SSSR count). The highest BCUT2D eigenvalue weighted by Crippen LogP contribution is 2.06. The smallest absolute Gasteiger partial charge is 0.408 e. The molecule has 14 heavy (non-hydrogen) atoms. The lowest BCUT2D eigenvalue weighted by Crippen LogP contribution is -2.44. The Bertz CT molecular complexity index is 175. The van der Waals surface area contributed by atoms with Crippen molar-refractivity contribution >= 4 is 6.09 Å². The maximum Gasteiger partial charge on any atom is 0.408 e. The Morgan fingerprint density at radius 3 is 2.57 bits per heavy atom. The average molecular weight is 201 g/mol. The van der Waals surface area contributed by atoms with Crippen LogP contribution in [-0.2, 0) is 4.74 Å². The van der Waals surface area contributed by atoms with Gasteiger partial charge in [0.1, 0.15) is 5.60 Å². The molecule has 1 radical (unpaired) electrons. The number of amides is 1. The van der Waals surface area contributed by atoms with Gasteiger partial charge in [-0.2, -0.15) is 0 Å². The molecule has 0 aromatic carbocycles. The normalized spacial score (nSPS) is 13.5. The zero-order valence-corrected chi connectivity index (χ0v) is 9.30. The van der Waals surface area contributed by atoms with Crippen molar-refractivity contribution in [2.24, 2.45) is 5.73 Å². The molecule has 0 fully saturated rings. The molecule has 1 atom stereocenters. The molecule has 0 aromatic rings. The fraction of sp³-hybridized carbons (Fsp3) is 0.800. The molecule has 0 spiro atoms. The minimum absolute atomic E-state index is 0.341. The molecule has 0 bridgehead atoms. The Morgan fingerprint density at radius 2 is 2.14 bits per heavy atom. The van der Waals surface area contributed by atoms with Crippen LogP contribution in [0.25, 0.3) is 0 Å². The van der Waals surface area contributed by atoms with E-state index in [1.54, 1.807) is 0 Å². The Morgan fingerprint density at radius 1 is 1.57 bits per heavy atom. The lowest BCUT2D eigenvalue weighted by Gasteiger charge is -2.21. The van der Waals surface area contributed by atoms with E-state index in [1.165, 1.54) is 0 Å². The number of hydrogen-bond donors (Lipinski definition) is 2. The van der Waals surface area contributed by atoms with Crippen LogP contribution in [0.3, 0.4) is 0 Å². The van der Waals surface area contributed by atoms with Crippen molar-refractivity contribution < 1.29 is 9.53 Å². The predicted octanol–water partition coefficient (Wildman–Crippen LogP) is 1.80. The number of alkyl carbamates (subject to hydrolysis) is 1. The SMILES string of the molecule is [CH2]CCCC(N)NC(=O)OC(C)(C)C. The Balaban J connectivity index is 3.71. The van der Waals surface area contributed by atoms with E-state index in [9.17, 15) is 4.79 Å². The van der Waals surface area contributed by atoms with Gasteiger partial charge in [-0.1, -0.05) is 19.8 Å². The molecule has 83 valence electrons.